The molecular formula is C17H18N6O. The number of aromatic amines is 1. The molecule has 0 unspecified atom stereocenters. The van der Waals surface area contributed by atoms with Crippen LogP contribution < -0.4 is 0 Å². The van der Waals surface area contributed by atoms with Crippen LogP contribution in [0.15, 0.2) is 48.8 Å². The molecule has 0 spiro atoms. The van der Waals surface area contributed by atoms with Gasteiger partial charge in [0.25, 0.3) is 5.91 Å². The Morgan fingerprint density at radius 2 is 2.08 bits per heavy atom. The van der Waals surface area contributed by atoms with Crippen LogP contribution in [0.25, 0.3) is 5.69 Å². The maximum absolute atomic E-state index is 13.0. The van der Waals surface area contributed by atoms with Gasteiger partial charge in [-0.25, -0.2) is 4.68 Å². The third-order valence-electron chi connectivity index (χ3n) is 4.44. The number of H-pyrrole nitrogens is 1. The van der Waals surface area contributed by atoms with Crippen LogP contribution in [0, 0.1) is 0 Å². The number of likely N-dealkylation sites (tertiary alicyclic amines) is 1. The van der Waals surface area contributed by atoms with E-state index in [-0.39, 0.29) is 5.91 Å². The fourth-order valence-electron chi connectivity index (χ4n) is 3.21. The Bertz CT molecular complexity index is 811. The van der Waals surface area contributed by atoms with E-state index in [0.717, 1.165) is 30.8 Å². The number of carbonyl (C=O) groups excluding carboxylic acids is 1. The Balaban J connectivity index is 1.57. The minimum atomic E-state index is -0.0342. The van der Waals surface area contributed by atoms with Crippen molar-refractivity contribution < 1.29 is 4.79 Å². The van der Waals surface area contributed by atoms with E-state index in [1.54, 1.807) is 10.9 Å². The van der Waals surface area contributed by atoms with Gasteiger partial charge in [0.1, 0.15) is 0 Å². The number of amides is 1. The number of piperidine rings is 1. The molecule has 7 nitrogen and oxygen atoms in total. The van der Waals surface area contributed by atoms with Crippen LogP contribution >= 0.6 is 0 Å². The lowest BCUT2D eigenvalue weighted by Crippen LogP contribution is -2.40. The minimum absolute atomic E-state index is 0.0342. The van der Waals surface area contributed by atoms with Gasteiger partial charge in [-0.05, 0) is 31.0 Å². The monoisotopic (exact) mass is 322 g/mol. The van der Waals surface area contributed by atoms with Gasteiger partial charge in [0.2, 0.25) is 0 Å². The summed E-state index contributed by atoms with van der Waals surface area (Å²) in [6, 6.07) is 11.6. The molecule has 0 saturated carbocycles. The maximum Gasteiger partial charge on any atom is 0.274 e. The molecule has 0 radical (unpaired) electrons. The number of hydrogen-bond donors (Lipinski definition) is 1. The number of carbonyl (C=O) groups is 1. The van der Waals surface area contributed by atoms with Crippen molar-refractivity contribution in [3.8, 4) is 5.69 Å². The summed E-state index contributed by atoms with van der Waals surface area (Å²) in [5, 5.41) is 15.0. The molecule has 1 amide bonds. The van der Waals surface area contributed by atoms with Crippen molar-refractivity contribution in [1.82, 2.24) is 30.1 Å². The lowest BCUT2D eigenvalue weighted by atomic mass is 9.95. The summed E-state index contributed by atoms with van der Waals surface area (Å²) in [4.78, 5) is 14.9. The summed E-state index contributed by atoms with van der Waals surface area (Å²) >= 11 is 0. The van der Waals surface area contributed by atoms with Crippen LogP contribution in [-0.2, 0) is 0 Å². The Kier molecular flexibility index (Phi) is 3.82. The van der Waals surface area contributed by atoms with E-state index in [4.69, 9.17) is 0 Å². The number of nitrogens with one attached hydrogen (secondary N) is 1. The second kappa shape index (κ2) is 6.27. The zero-order valence-corrected chi connectivity index (χ0v) is 13.2. The molecule has 1 fully saturated rings. The van der Waals surface area contributed by atoms with Crippen LogP contribution in [0.3, 0.4) is 0 Å². The molecule has 1 N–H and O–H groups in total. The first-order valence-corrected chi connectivity index (χ1v) is 8.07. The first kappa shape index (κ1) is 14.6. The molecule has 1 saturated heterocycles. The topological polar surface area (TPSA) is 79.7 Å². The Labute approximate surface area is 139 Å². The molecule has 3 aromatic rings. The molecule has 24 heavy (non-hydrogen) atoms. The molecule has 2 aromatic heterocycles. The second-order valence-electron chi connectivity index (χ2n) is 5.97. The molecule has 7 heteroatoms. The zero-order valence-electron chi connectivity index (χ0n) is 13.2. The molecule has 0 aliphatic carbocycles. The molecule has 3 heterocycles. The van der Waals surface area contributed by atoms with E-state index in [2.05, 4.69) is 20.5 Å². The highest BCUT2D eigenvalue weighted by atomic mass is 16.2. The third kappa shape index (κ3) is 2.68. The summed E-state index contributed by atoms with van der Waals surface area (Å²) < 4.78 is 1.60. The van der Waals surface area contributed by atoms with Gasteiger partial charge in [-0.1, -0.05) is 23.4 Å². The van der Waals surface area contributed by atoms with Gasteiger partial charge in [-0.15, -0.1) is 5.10 Å². The predicted octanol–water partition coefficient (Wildman–Crippen LogP) is 2.01. The smallest absolute Gasteiger partial charge is 0.274 e. The average molecular weight is 322 g/mol. The summed E-state index contributed by atoms with van der Waals surface area (Å²) in [7, 11) is 0. The van der Waals surface area contributed by atoms with Crippen molar-refractivity contribution in [2.24, 2.45) is 0 Å². The van der Waals surface area contributed by atoms with E-state index in [0.29, 0.717) is 18.2 Å². The third-order valence-corrected chi connectivity index (χ3v) is 4.44. The van der Waals surface area contributed by atoms with Gasteiger partial charge in [0.05, 0.1) is 11.9 Å². The van der Waals surface area contributed by atoms with Crippen LogP contribution in [0.5, 0.6) is 0 Å². The largest absolute Gasteiger partial charge is 0.337 e. The Morgan fingerprint density at radius 3 is 2.88 bits per heavy atom. The number of para-hydroxylation sites is 1. The molecule has 1 aliphatic heterocycles. The standard InChI is InChI=1S/C17H18N6O/c24-17(16-11-19-21-23(16)14-6-2-1-3-7-14)22-10-4-5-13(12-22)15-8-9-18-20-15/h1-3,6-9,11,13H,4-5,10,12H2,(H,18,20)/t13-/m1/s1. The minimum Gasteiger partial charge on any atom is -0.337 e. The number of benzene rings is 1. The van der Waals surface area contributed by atoms with Crippen molar-refractivity contribution in [3.63, 3.8) is 0 Å². The van der Waals surface area contributed by atoms with E-state index >= 15 is 0 Å². The van der Waals surface area contributed by atoms with Gasteiger partial charge in [-0.2, -0.15) is 5.10 Å². The number of rotatable bonds is 3. The molecular weight excluding hydrogens is 304 g/mol. The van der Waals surface area contributed by atoms with Crippen molar-refractivity contribution in [1.29, 1.82) is 0 Å². The van der Waals surface area contributed by atoms with E-state index < -0.39 is 0 Å². The zero-order chi connectivity index (χ0) is 16.4. The van der Waals surface area contributed by atoms with Crippen molar-refractivity contribution in [3.05, 3.63) is 60.2 Å². The number of aromatic nitrogens is 5. The SMILES string of the molecule is O=C(c1cnnn1-c1ccccc1)N1CCC[C@@H](c2ccn[nH]2)C1. The Hall–Kier alpha value is -2.96. The van der Waals surface area contributed by atoms with Gasteiger partial charge < -0.3 is 4.90 Å². The van der Waals surface area contributed by atoms with E-state index in [1.807, 2.05) is 41.3 Å². The predicted molar refractivity (Wildman–Crippen MR) is 87.8 cm³/mol. The average Bonchev–Trinajstić information content (AvgIpc) is 3.34. The van der Waals surface area contributed by atoms with Crippen LogP contribution in [-0.4, -0.2) is 49.1 Å². The van der Waals surface area contributed by atoms with Crippen molar-refractivity contribution in [2.45, 2.75) is 18.8 Å². The van der Waals surface area contributed by atoms with E-state index in [9.17, 15) is 4.79 Å². The first-order valence-electron chi connectivity index (χ1n) is 8.07. The molecule has 0 bridgehead atoms. The summed E-state index contributed by atoms with van der Waals surface area (Å²) in [5.74, 6) is 0.263. The van der Waals surface area contributed by atoms with Crippen LogP contribution in [0.4, 0.5) is 0 Å². The van der Waals surface area contributed by atoms with Gasteiger partial charge in [0.15, 0.2) is 5.69 Å². The normalized spacial score (nSPS) is 17.8. The number of hydrogen-bond acceptors (Lipinski definition) is 4. The molecule has 122 valence electrons. The lowest BCUT2D eigenvalue weighted by Gasteiger charge is -2.32. The van der Waals surface area contributed by atoms with E-state index in [1.165, 1.54) is 6.20 Å². The van der Waals surface area contributed by atoms with Gasteiger partial charge >= 0.3 is 0 Å². The summed E-state index contributed by atoms with van der Waals surface area (Å²) in [6.07, 6.45) is 5.32. The summed E-state index contributed by atoms with van der Waals surface area (Å²) in [5.41, 5.74) is 2.41. The second-order valence-corrected chi connectivity index (χ2v) is 5.97. The highest BCUT2D eigenvalue weighted by molar-refractivity contribution is 5.93. The molecule has 4 rings (SSSR count). The maximum atomic E-state index is 13.0. The van der Waals surface area contributed by atoms with Crippen molar-refractivity contribution >= 4 is 5.91 Å². The highest BCUT2D eigenvalue weighted by Gasteiger charge is 2.28. The molecule has 1 aromatic carbocycles. The van der Waals surface area contributed by atoms with Crippen LogP contribution in [0.2, 0.25) is 0 Å². The van der Waals surface area contributed by atoms with Gasteiger partial charge in [0, 0.05) is 30.9 Å². The van der Waals surface area contributed by atoms with Gasteiger partial charge in [-0.3, -0.25) is 9.89 Å². The van der Waals surface area contributed by atoms with Crippen LogP contribution in [0.1, 0.15) is 34.9 Å². The quantitative estimate of drug-likeness (QED) is 0.800. The fraction of sp³-hybridized carbons (Fsp3) is 0.294. The molecule has 1 aliphatic rings. The highest BCUT2D eigenvalue weighted by Crippen LogP contribution is 2.26. The van der Waals surface area contributed by atoms with Crippen molar-refractivity contribution in [2.75, 3.05) is 13.1 Å². The summed E-state index contributed by atoms with van der Waals surface area (Å²) in [6.45, 7) is 1.43. The number of nitrogens with zero attached hydrogens (tertiary/aromatic N) is 5. The Morgan fingerprint density at radius 1 is 1.21 bits per heavy atom. The lowest BCUT2D eigenvalue weighted by molar-refractivity contribution is 0.0696. The first-order chi connectivity index (χ1) is 11.8. The fourth-order valence-corrected chi connectivity index (χ4v) is 3.21. The molecule has 1 atom stereocenters.